The molecule has 0 bridgehead atoms. The lowest BCUT2D eigenvalue weighted by atomic mass is 10.1. The third-order valence-electron chi connectivity index (χ3n) is 2.90. The van der Waals surface area contributed by atoms with E-state index in [-0.39, 0.29) is 5.69 Å². The van der Waals surface area contributed by atoms with Crippen LogP contribution in [0.5, 0.6) is 5.75 Å². The molecule has 2 amide bonds. The predicted molar refractivity (Wildman–Crippen MR) is 80.2 cm³/mol. The number of carbonyl (C=O) groups excluding carboxylic acids is 1. The van der Waals surface area contributed by atoms with Crippen molar-refractivity contribution in [3.63, 3.8) is 0 Å². The average Bonchev–Trinajstić information content (AvgIpc) is 2.45. The molecule has 0 aliphatic carbocycles. The first-order valence-corrected chi connectivity index (χ1v) is 6.78. The average molecular weight is 324 g/mol. The van der Waals surface area contributed by atoms with Gasteiger partial charge in [0.25, 0.3) is 0 Å². The molecule has 23 heavy (non-hydrogen) atoms. The standard InChI is InChI=1S/C16H15F3N2O2/c1-11-5-7-12(8-6-11)10-20-15(22)21-13-3-2-4-14(9-13)23-16(17,18)19/h2-9H,10H2,1H3,(H2,20,21,22). The van der Waals surface area contributed by atoms with Gasteiger partial charge in [0.05, 0.1) is 0 Å². The number of halogens is 3. The lowest BCUT2D eigenvalue weighted by molar-refractivity contribution is -0.274. The summed E-state index contributed by atoms with van der Waals surface area (Å²) in [5.74, 6) is -0.395. The molecule has 0 fully saturated rings. The number of benzene rings is 2. The highest BCUT2D eigenvalue weighted by Gasteiger charge is 2.31. The van der Waals surface area contributed by atoms with Crippen molar-refractivity contribution in [2.24, 2.45) is 0 Å². The molecule has 2 aromatic carbocycles. The third kappa shape index (κ3) is 5.90. The van der Waals surface area contributed by atoms with Crippen LogP contribution in [0.15, 0.2) is 48.5 Å². The highest BCUT2D eigenvalue weighted by Crippen LogP contribution is 2.24. The van der Waals surface area contributed by atoms with E-state index in [1.54, 1.807) is 0 Å². The van der Waals surface area contributed by atoms with Crippen LogP contribution in [0.2, 0.25) is 0 Å². The van der Waals surface area contributed by atoms with E-state index in [0.717, 1.165) is 23.3 Å². The van der Waals surface area contributed by atoms with Gasteiger partial charge in [0.1, 0.15) is 5.75 Å². The van der Waals surface area contributed by atoms with Crippen molar-refractivity contribution in [3.05, 3.63) is 59.7 Å². The Labute approximate surface area is 131 Å². The van der Waals surface area contributed by atoms with Crippen molar-refractivity contribution in [2.75, 3.05) is 5.32 Å². The Bertz CT molecular complexity index is 670. The van der Waals surface area contributed by atoms with E-state index in [9.17, 15) is 18.0 Å². The maximum atomic E-state index is 12.2. The van der Waals surface area contributed by atoms with E-state index < -0.39 is 18.1 Å². The quantitative estimate of drug-likeness (QED) is 0.885. The van der Waals surface area contributed by atoms with Gasteiger partial charge in [0, 0.05) is 18.3 Å². The monoisotopic (exact) mass is 324 g/mol. The summed E-state index contributed by atoms with van der Waals surface area (Å²) in [6, 6.07) is 12.2. The maximum absolute atomic E-state index is 12.2. The number of anilines is 1. The fourth-order valence-electron chi connectivity index (χ4n) is 1.83. The van der Waals surface area contributed by atoms with Crippen LogP contribution in [-0.4, -0.2) is 12.4 Å². The summed E-state index contributed by atoms with van der Waals surface area (Å²) in [6.45, 7) is 2.27. The summed E-state index contributed by atoms with van der Waals surface area (Å²) in [4.78, 5) is 11.8. The zero-order valence-electron chi connectivity index (χ0n) is 12.3. The maximum Gasteiger partial charge on any atom is 0.573 e. The topological polar surface area (TPSA) is 50.4 Å². The number of alkyl halides is 3. The van der Waals surface area contributed by atoms with E-state index in [2.05, 4.69) is 15.4 Å². The minimum absolute atomic E-state index is 0.202. The molecule has 0 heterocycles. The number of hydrogen-bond acceptors (Lipinski definition) is 2. The molecule has 0 aliphatic heterocycles. The van der Waals surface area contributed by atoms with Crippen LogP contribution in [-0.2, 0) is 6.54 Å². The number of aryl methyl sites for hydroxylation is 1. The second-order valence-electron chi connectivity index (χ2n) is 4.87. The van der Waals surface area contributed by atoms with Crippen LogP contribution in [0, 0.1) is 6.92 Å². The Morgan fingerprint density at radius 1 is 1.13 bits per heavy atom. The molecular weight excluding hydrogens is 309 g/mol. The van der Waals surface area contributed by atoms with Gasteiger partial charge in [-0.15, -0.1) is 13.2 Å². The van der Waals surface area contributed by atoms with Gasteiger partial charge in [-0.05, 0) is 24.6 Å². The molecular formula is C16H15F3N2O2. The largest absolute Gasteiger partial charge is 0.573 e. The molecule has 2 N–H and O–H groups in total. The summed E-state index contributed by atoms with van der Waals surface area (Å²) in [6.07, 6.45) is -4.77. The highest BCUT2D eigenvalue weighted by molar-refractivity contribution is 5.89. The smallest absolute Gasteiger partial charge is 0.406 e. The SMILES string of the molecule is Cc1ccc(CNC(=O)Nc2cccc(OC(F)(F)F)c2)cc1. The van der Waals surface area contributed by atoms with Gasteiger partial charge in [0.15, 0.2) is 0 Å². The van der Waals surface area contributed by atoms with Crippen molar-refractivity contribution in [2.45, 2.75) is 19.8 Å². The molecule has 0 spiro atoms. The molecule has 0 saturated heterocycles. The third-order valence-corrected chi connectivity index (χ3v) is 2.90. The molecule has 0 radical (unpaired) electrons. The lowest BCUT2D eigenvalue weighted by Gasteiger charge is -2.11. The van der Waals surface area contributed by atoms with Crippen molar-refractivity contribution in [1.82, 2.24) is 5.32 Å². The van der Waals surface area contributed by atoms with Gasteiger partial charge in [-0.2, -0.15) is 0 Å². The van der Waals surface area contributed by atoms with E-state index in [1.165, 1.54) is 12.1 Å². The molecule has 0 saturated carbocycles. The Morgan fingerprint density at radius 3 is 2.48 bits per heavy atom. The lowest BCUT2D eigenvalue weighted by Crippen LogP contribution is -2.28. The van der Waals surface area contributed by atoms with Gasteiger partial charge in [-0.25, -0.2) is 4.79 Å². The Balaban J connectivity index is 1.89. The van der Waals surface area contributed by atoms with Crippen molar-refractivity contribution in [3.8, 4) is 5.75 Å². The van der Waals surface area contributed by atoms with Gasteiger partial charge in [0.2, 0.25) is 0 Å². The summed E-state index contributed by atoms with van der Waals surface area (Å²) >= 11 is 0. The zero-order valence-corrected chi connectivity index (χ0v) is 12.3. The number of amides is 2. The second kappa shape index (κ2) is 7.04. The zero-order chi connectivity index (χ0) is 16.9. The van der Waals surface area contributed by atoms with Gasteiger partial charge < -0.3 is 15.4 Å². The summed E-state index contributed by atoms with van der Waals surface area (Å²) in [5, 5.41) is 5.07. The van der Waals surface area contributed by atoms with Crippen LogP contribution < -0.4 is 15.4 Å². The molecule has 4 nitrogen and oxygen atoms in total. The van der Waals surface area contributed by atoms with E-state index >= 15 is 0 Å². The van der Waals surface area contributed by atoms with Gasteiger partial charge >= 0.3 is 12.4 Å². The molecule has 2 rings (SSSR count). The van der Waals surface area contributed by atoms with Gasteiger partial charge in [-0.1, -0.05) is 35.9 Å². The molecule has 0 aromatic heterocycles. The summed E-state index contributed by atoms with van der Waals surface area (Å²) in [5.41, 5.74) is 2.23. The van der Waals surface area contributed by atoms with Crippen LogP contribution in [0.4, 0.5) is 23.7 Å². The van der Waals surface area contributed by atoms with Crippen molar-refractivity contribution < 1.29 is 22.7 Å². The number of ether oxygens (including phenoxy) is 1. The van der Waals surface area contributed by atoms with E-state index in [0.29, 0.717) is 6.54 Å². The summed E-state index contributed by atoms with van der Waals surface area (Å²) < 4.78 is 40.2. The van der Waals surface area contributed by atoms with Crippen molar-refractivity contribution >= 4 is 11.7 Å². The number of nitrogens with one attached hydrogen (secondary N) is 2. The second-order valence-corrected chi connectivity index (χ2v) is 4.87. The number of hydrogen-bond donors (Lipinski definition) is 2. The fraction of sp³-hybridized carbons (Fsp3) is 0.188. The van der Waals surface area contributed by atoms with E-state index in [1.807, 2.05) is 31.2 Å². The minimum atomic E-state index is -4.77. The molecule has 7 heteroatoms. The Morgan fingerprint density at radius 2 is 1.83 bits per heavy atom. The molecule has 0 atom stereocenters. The van der Waals surface area contributed by atoms with Crippen LogP contribution >= 0.6 is 0 Å². The first kappa shape index (κ1) is 16.7. The molecule has 0 aliphatic rings. The van der Waals surface area contributed by atoms with Gasteiger partial charge in [-0.3, -0.25) is 0 Å². The molecule has 0 unspecified atom stereocenters. The number of carbonyl (C=O) groups is 1. The van der Waals surface area contributed by atoms with Crippen LogP contribution in [0.3, 0.4) is 0 Å². The first-order chi connectivity index (χ1) is 10.8. The summed E-state index contributed by atoms with van der Waals surface area (Å²) in [7, 11) is 0. The Hall–Kier alpha value is -2.70. The van der Waals surface area contributed by atoms with E-state index in [4.69, 9.17) is 0 Å². The number of urea groups is 1. The van der Waals surface area contributed by atoms with Crippen LogP contribution in [0.1, 0.15) is 11.1 Å². The molecule has 122 valence electrons. The Kier molecular flexibility index (Phi) is 5.10. The highest BCUT2D eigenvalue weighted by atomic mass is 19.4. The fourth-order valence-corrected chi connectivity index (χ4v) is 1.83. The van der Waals surface area contributed by atoms with Crippen molar-refractivity contribution in [1.29, 1.82) is 0 Å². The minimum Gasteiger partial charge on any atom is -0.406 e. The number of rotatable bonds is 4. The molecule has 2 aromatic rings. The normalized spacial score (nSPS) is 11.0. The van der Waals surface area contributed by atoms with Crippen LogP contribution in [0.25, 0.3) is 0 Å². The first-order valence-electron chi connectivity index (χ1n) is 6.78. The predicted octanol–water partition coefficient (Wildman–Crippen LogP) is 4.22.